The first-order chi connectivity index (χ1) is 12.2. The lowest BCUT2D eigenvalue weighted by Crippen LogP contribution is -2.47. The molecule has 6 heteroatoms. The molecule has 0 aliphatic carbocycles. The van der Waals surface area contributed by atoms with E-state index in [1.807, 2.05) is 39.8 Å². The van der Waals surface area contributed by atoms with Crippen LogP contribution in [0.2, 0.25) is 0 Å². The lowest BCUT2D eigenvalue weighted by atomic mass is 9.98. The van der Waals surface area contributed by atoms with E-state index >= 15 is 0 Å². The Hall–Kier alpha value is -1.40. The Morgan fingerprint density at radius 1 is 1.27 bits per heavy atom. The van der Waals surface area contributed by atoms with E-state index in [0.717, 1.165) is 36.0 Å². The van der Waals surface area contributed by atoms with Gasteiger partial charge in [0.2, 0.25) is 15.9 Å². The molecule has 1 aliphatic heterocycles. The predicted octanol–water partition coefficient (Wildman–Crippen LogP) is 3.32. The lowest BCUT2D eigenvalue weighted by Gasteiger charge is -2.32. The minimum absolute atomic E-state index is 0.0248. The number of nitrogens with zero attached hydrogens (tertiary/aromatic N) is 1. The van der Waals surface area contributed by atoms with Crippen LogP contribution in [-0.2, 0) is 14.8 Å². The molecule has 1 aromatic carbocycles. The Morgan fingerprint density at radius 3 is 2.46 bits per heavy atom. The zero-order chi connectivity index (χ0) is 19.5. The zero-order valence-electron chi connectivity index (χ0n) is 16.6. The molecule has 5 nitrogen and oxygen atoms in total. The Balaban J connectivity index is 2.19. The van der Waals surface area contributed by atoms with Crippen molar-refractivity contribution in [2.45, 2.75) is 71.2 Å². The SMILES string of the molecule is CCCC(C)NC(=O)C1CCCN(S(=O)(=O)c2c(C)cc(C)cc2C)C1. The van der Waals surface area contributed by atoms with Crippen molar-refractivity contribution in [3.05, 3.63) is 28.8 Å². The summed E-state index contributed by atoms with van der Waals surface area (Å²) >= 11 is 0. The van der Waals surface area contributed by atoms with Gasteiger partial charge in [-0.3, -0.25) is 4.79 Å². The van der Waals surface area contributed by atoms with Gasteiger partial charge in [0.05, 0.1) is 10.8 Å². The highest BCUT2D eigenvalue weighted by Gasteiger charge is 2.35. The second kappa shape index (κ2) is 8.53. The van der Waals surface area contributed by atoms with Crippen molar-refractivity contribution in [1.29, 1.82) is 0 Å². The van der Waals surface area contributed by atoms with Crippen LogP contribution in [0, 0.1) is 26.7 Å². The summed E-state index contributed by atoms with van der Waals surface area (Å²) < 4.78 is 28.0. The minimum Gasteiger partial charge on any atom is -0.353 e. The van der Waals surface area contributed by atoms with E-state index in [1.165, 1.54) is 4.31 Å². The molecule has 2 rings (SSSR count). The molecule has 1 fully saturated rings. The van der Waals surface area contributed by atoms with E-state index in [-0.39, 0.29) is 24.4 Å². The number of benzene rings is 1. The van der Waals surface area contributed by atoms with E-state index in [2.05, 4.69) is 12.2 Å². The predicted molar refractivity (Wildman–Crippen MR) is 105 cm³/mol. The summed E-state index contributed by atoms with van der Waals surface area (Å²) in [6.45, 7) is 10.5. The van der Waals surface area contributed by atoms with Crippen LogP contribution in [0.1, 0.15) is 56.2 Å². The first kappa shape index (κ1) is 20.9. The molecule has 0 radical (unpaired) electrons. The van der Waals surface area contributed by atoms with Gasteiger partial charge >= 0.3 is 0 Å². The molecule has 2 atom stereocenters. The number of hydrogen-bond acceptors (Lipinski definition) is 3. The van der Waals surface area contributed by atoms with E-state index in [0.29, 0.717) is 17.9 Å². The number of carbonyl (C=O) groups excluding carboxylic acids is 1. The van der Waals surface area contributed by atoms with E-state index in [9.17, 15) is 13.2 Å². The van der Waals surface area contributed by atoms with Gasteiger partial charge < -0.3 is 5.32 Å². The van der Waals surface area contributed by atoms with Gasteiger partial charge in [0.15, 0.2) is 0 Å². The van der Waals surface area contributed by atoms with Crippen molar-refractivity contribution < 1.29 is 13.2 Å². The fraction of sp³-hybridized carbons (Fsp3) is 0.650. The topological polar surface area (TPSA) is 66.5 Å². The number of carbonyl (C=O) groups is 1. The average Bonchev–Trinajstić information content (AvgIpc) is 2.53. The van der Waals surface area contributed by atoms with Crippen molar-refractivity contribution in [2.24, 2.45) is 5.92 Å². The number of nitrogens with one attached hydrogen (secondary N) is 1. The molecular formula is C20H32N2O3S. The third-order valence-corrected chi connectivity index (χ3v) is 7.24. The molecule has 0 spiro atoms. The quantitative estimate of drug-likeness (QED) is 0.823. The third kappa shape index (κ3) is 4.65. The van der Waals surface area contributed by atoms with Crippen LogP contribution in [0.3, 0.4) is 0 Å². The monoisotopic (exact) mass is 380 g/mol. The van der Waals surface area contributed by atoms with Crippen LogP contribution in [0.15, 0.2) is 17.0 Å². The standard InChI is InChI=1S/C20H32N2O3S/c1-6-8-17(5)21-20(23)18-9-7-10-22(13-18)26(24,25)19-15(3)11-14(2)12-16(19)4/h11-12,17-18H,6-10,13H2,1-5H3,(H,21,23). The molecule has 1 amide bonds. The van der Waals surface area contributed by atoms with Crippen LogP contribution in [0.25, 0.3) is 0 Å². The molecule has 0 bridgehead atoms. The van der Waals surface area contributed by atoms with Crippen molar-refractivity contribution in [3.8, 4) is 0 Å². The summed E-state index contributed by atoms with van der Waals surface area (Å²) in [5.74, 6) is -0.299. The van der Waals surface area contributed by atoms with Gasteiger partial charge in [-0.15, -0.1) is 0 Å². The van der Waals surface area contributed by atoms with Crippen LogP contribution in [-0.4, -0.2) is 37.8 Å². The van der Waals surface area contributed by atoms with E-state index in [4.69, 9.17) is 0 Å². The van der Waals surface area contributed by atoms with Gasteiger partial charge in [0.25, 0.3) is 0 Å². The van der Waals surface area contributed by atoms with Crippen LogP contribution >= 0.6 is 0 Å². The van der Waals surface area contributed by atoms with Crippen molar-refractivity contribution in [2.75, 3.05) is 13.1 Å². The Bertz CT molecular complexity index is 735. The van der Waals surface area contributed by atoms with Crippen LogP contribution < -0.4 is 5.32 Å². The van der Waals surface area contributed by atoms with Gasteiger partial charge in [-0.2, -0.15) is 4.31 Å². The molecule has 26 heavy (non-hydrogen) atoms. The first-order valence-corrected chi connectivity index (χ1v) is 11.0. The summed E-state index contributed by atoms with van der Waals surface area (Å²) in [4.78, 5) is 12.9. The smallest absolute Gasteiger partial charge is 0.243 e. The summed E-state index contributed by atoms with van der Waals surface area (Å²) in [5, 5.41) is 3.03. The number of piperidine rings is 1. The van der Waals surface area contributed by atoms with E-state index < -0.39 is 10.0 Å². The molecule has 2 unspecified atom stereocenters. The molecule has 0 aromatic heterocycles. The molecule has 1 aliphatic rings. The van der Waals surface area contributed by atoms with Crippen LogP contribution in [0.5, 0.6) is 0 Å². The maximum Gasteiger partial charge on any atom is 0.243 e. The highest BCUT2D eigenvalue weighted by atomic mass is 32.2. The molecule has 1 heterocycles. The summed E-state index contributed by atoms with van der Waals surface area (Å²) in [6, 6.07) is 3.93. The summed E-state index contributed by atoms with van der Waals surface area (Å²) in [6.07, 6.45) is 3.40. The number of hydrogen-bond donors (Lipinski definition) is 1. The minimum atomic E-state index is -3.59. The van der Waals surface area contributed by atoms with Gasteiger partial charge in [0, 0.05) is 19.1 Å². The van der Waals surface area contributed by atoms with Gasteiger partial charge in [0.1, 0.15) is 0 Å². The maximum absolute atomic E-state index is 13.2. The number of amides is 1. The molecular weight excluding hydrogens is 348 g/mol. The zero-order valence-corrected chi connectivity index (χ0v) is 17.4. The van der Waals surface area contributed by atoms with Gasteiger partial charge in [-0.05, 0) is 58.1 Å². The van der Waals surface area contributed by atoms with Crippen molar-refractivity contribution in [3.63, 3.8) is 0 Å². The number of aryl methyl sites for hydroxylation is 3. The second-order valence-electron chi connectivity index (χ2n) is 7.63. The fourth-order valence-corrected chi connectivity index (χ4v) is 5.88. The molecule has 0 saturated carbocycles. The van der Waals surface area contributed by atoms with Gasteiger partial charge in [-0.25, -0.2) is 8.42 Å². The normalized spacial score (nSPS) is 20.0. The van der Waals surface area contributed by atoms with Crippen molar-refractivity contribution >= 4 is 15.9 Å². The Labute approximate surface area is 158 Å². The fourth-order valence-electron chi connectivity index (χ4n) is 3.94. The number of sulfonamides is 1. The Kier molecular flexibility index (Phi) is 6.86. The van der Waals surface area contributed by atoms with E-state index in [1.54, 1.807) is 0 Å². The Morgan fingerprint density at radius 2 is 1.88 bits per heavy atom. The lowest BCUT2D eigenvalue weighted by molar-refractivity contribution is -0.126. The number of rotatable bonds is 6. The molecule has 1 saturated heterocycles. The van der Waals surface area contributed by atoms with Crippen molar-refractivity contribution in [1.82, 2.24) is 9.62 Å². The highest BCUT2D eigenvalue weighted by molar-refractivity contribution is 7.89. The maximum atomic E-state index is 13.2. The first-order valence-electron chi connectivity index (χ1n) is 9.55. The molecule has 146 valence electrons. The summed E-state index contributed by atoms with van der Waals surface area (Å²) in [7, 11) is -3.59. The van der Waals surface area contributed by atoms with Crippen LogP contribution in [0.4, 0.5) is 0 Å². The second-order valence-corrected chi connectivity index (χ2v) is 9.50. The highest BCUT2D eigenvalue weighted by Crippen LogP contribution is 2.29. The average molecular weight is 381 g/mol. The molecule has 1 aromatic rings. The largest absolute Gasteiger partial charge is 0.353 e. The van der Waals surface area contributed by atoms with Gasteiger partial charge in [-0.1, -0.05) is 31.0 Å². The summed E-state index contributed by atoms with van der Waals surface area (Å²) in [5.41, 5.74) is 2.59. The third-order valence-electron chi connectivity index (χ3n) is 5.07. The molecule has 1 N–H and O–H groups in total.